The van der Waals surface area contributed by atoms with Gasteiger partial charge in [-0.1, -0.05) is 44.8 Å². The molecular formula is C11H21N. The summed E-state index contributed by atoms with van der Waals surface area (Å²) in [5.74, 6) is 1.49. The van der Waals surface area contributed by atoms with Gasteiger partial charge in [0, 0.05) is 6.04 Å². The molecule has 0 amide bonds. The number of hydrogen-bond acceptors (Lipinski definition) is 1. The first-order chi connectivity index (χ1) is 5.63. The largest absolute Gasteiger partial charge is 0.324 e. The van der Waals surface area contributed by atoms with E-state index in [2.05, 4.69) is 13.5 Å². The predicted octanol–water partition coefficient (Wildman–Crippen LogP) is 2.72. The summed E-state index contributed by atoms with van der Waals surface area (Å²) in [6.07, 6.45) is 5.56. The fourth-order valence-electron chi connectivity index (χ4n) is 2.23. The van der Waals surface area contributed by atoms with Crippen LogP contribution < -0.4 is 5.73 Å². The van der Waals surface area contributed by atoms with Crippen molar-refractivity contribution in [2.45, 2.75) is 45.6 Å². The van der Waals surface area contributed by atoms with Crippen LogP contribution in [0.2, 0.25) is 0 Å². The van der Waals surface area contributed by atoms with Crippen molar-refractivity contribution in [1.82, 2.24) is 0 Å². The quantitative estimate of drug-likeness (QED) is 0.643. The number of rotatable bonds is 3. The van der Waals surface area contributed by atoms with Crippen molar-refractivity contribution in [1.29, 1.82) is 0 Å². The van der Waals surface area contributed by atoms with Crippen LogP contribution in [-0.4, -0.2) is 6.04 Å². The Labute approximate surface area is 76.0 Å². The molecule has 2 unspecified atom stereocenters. The molecule has 1 fully saturated rings. The molecule has 0 aromatic heterocycles. The van der Waals surface area contributed by atoms with E-state index in [0.29, 0.717) is 5.92 Å². The van der Waals surface area contributed by atoms with Crippen LogP contribution in [0.3, 0.4) is 0 Å². The molecular weight excluding hydrogens is 146 g/mol. The molecule has 0 aromatic carbocycles. The summed E-state index contributed by atoms with van der Waals surface area (Å²) < 4.78 is 0. The van der Waals surface area contributed by atoms with E-state index in [4.69, 9.17) is 5.73 Å². The maximum atomic E-state index is 6.04. The second kappa shape index (κ2) is 4.08. The Bertz CT molecular complexity index is 156. The van der Waals surface area contributed by atoms with Crippen molar-refractivity contribution in [3.05, 3.63) is 12.2 Å². The molecule has 0 bridgehead atoms. The molecule has 1 saturated carbocycles. The van der Waals surface area contributed by atoms with E-state index >= 15 is 0 Å². The highest BCUT2D eigenvalue weighted by Crippen LogP contribution is 2.33. The van der Waals surface area contributed by atoms with Crippen molar-refractivity contribution in [2.24, 2.45) is 17.6 Å². The van der Waals surface area contributed by atoms with Gasteiger partial charge in [0.25, 0.3) is 0 Å². The van der Waals surface area contributed by atoms with Crippen LogP contribution >= 0.6 is 0 Å². The van der Waals surface area contributed by atoms with Gasteiger partial charge in [-0.05, 0) is 18.8 Å². The van der Waals surface area contributed by atoms with E-state index in [9.17, 15) is 0 Å². The molecule has 0 radical (unpaired) electrons. The molecule has 2 atom stereocenters. The minimum Gasteiger partial charge on any atom is -0.324 e. The molecule has 70 valence electrons. The van der Waals surface area contributed by atoms with E-state index in [1.54, 1.807) is 0 Å². The van der Waals surface area contributed by atoms with Gasteiger partial charge in [0.15, 0.2) is 0 Å². The molecule has 0 saturated heterocycles. The Morgan fingerprint density at radius 2 is 1.92 bits per heavy atom. The molecule has 0 spiro atoms. The second-order valence-electron chi connectivity index (χ2n) is 4.28. The van der Waals surface area contributed by atoms with Crippen molar-refractivity contribution in [3.63, 3.8) is 0 Å². The van der Waals surface area contributed by atoms with Crippen LogP contribution in [0.1, 0.15) is 39.5 Å². The van der Waals surface area contributed by atoms with E-state index < -0.39 is 0 Å². The molecule has 0 aliphatic heterocycles. The fraction of sp³-hybridized carbons (Fsp3) is 0.818. The van der Waals surface area contributed by atoms with E-state index in [1.165, 1.54) is 25.7 Å². The first-order valence-electron chi connectivity index (χ1n) is 5.04. The number of hydrogen-bond donors (Lipinski definition) is 1. The molecule has 12 heavy (non-hydrogen) atoms. The Balaban J connectivity index is 2.44. The van der Waals surface area contributed by atoms with Gasteiger partial charge < -0.3 is 5.73 Å². The summed E-state index contributed by atoms with van der Waals surface area (Å²) in [4.78, 5) is 0. The van der Waals surface area contributed by atoms with Gasteiger partial charge in [-0.25, -0.2) is 0 Å². The lowest BCUT2D eigenvalue weighted by Crippen LogP contribution is -2.33. The van der Waals surface area contributed by atoms with Crippen LogP contribution in [0.4, 0.5) is 0 Å². The Kier molecular flexibility index (Phi) is 3.33. The van der Waals surface area contributed by atoms with Crippen molar-refractivity contribution >= 4 is 0 Å². The van der Waals surface area contributed by atoms with Gasteiger partial charge in [-0.2, -0.15) is 0 Å². The Morgan fingerprint density at radius 1 is 1.42 bits per heavy atom. The average Bonchev–Trinajstić information content (AvgIpc) is 2.53. The van der Waals surface area contributed by atoms with E-state index in [1.807, 2.05) is 6.92 Å². The lowest BCUT2D eigenvalue weighted by atomic mass is 9.84. The Morgan fingerprint density at radius 3 is 2.33 bits per heavy atom. The Hall–Kier alpha value is -0.300. The van der Waals surface area contributed by atoms with Gasteiger partial charge in [0.2, 0.25) is 0 Å². The zero-order valence-corrected chi connectivity index (χ0v) is 8.34. The normalized spacial score (nSPS) is 23.9. The second-order valence-corrected chi connectivity index (χ2v) is 4.28. The topological polar surface area (TPSA) is 26.0 Å². The first-order valence-corrected chi connectivity index (χ1v) is 5.04. The molecule has 1 heteroatoms. The van der Waals surface area contributed by atoms with Crippen LogP contribution in [0.25, 0.3) is 0 Å². The van der Waals surface area contributed by atoms with Gasteiger partial charge in [0.1, 0.15) is 0 Å². The molecule has 0 aromatic rings. The summed E-state index contributed by atoms with van der Waals surface area (Å²) >= 11 is 0. The van der Waals surface area contributed by atoms with Gasteiger partial charge in [-0.3, -0.25) is 0 Å². The maximum absolute atomic E-state index is 6.04. The molecule has 1 aliphatic rings. The summed E-state index contributed by atoms with van der Waals surface area (Å²) in [6, 6.07) is 0.216. The minimum atomic E-state index is 0.216. The zero-order valence-electron chi connectivity index (χ0n) is 8.34. The lowest BCUT2D eigenvalue weighted by molar-refractivity contribution is 0.331. The minimum absolute atomic E-state index is 0.216. The van der Waals surface area contributed by atoms with Crippen LogP contribution in [0, 0.1) is 11.8 Å². The van der Waals surface area contributed by atoms with Gasteiger partial charge in [0.05, 0.1) is 0 Å². The van der Waals surface area contributed by atoms with E-state index in [-0.39, 0.29) is 6.04 Å². The summed E-state index contributed by atoms with van der Waals surface area (Å²) in [5.41, 5.74) is 7.17. The van der Waals surface area contributed by atoms with Crippen LogP contribution in [0.15, 0.2) is 12.2 Å². The molecule has 1 rings (SSSR count). The third kappa shape index (κ3) is 2.10. The monoisotopic (exact) mass is 167 g/mol. The predicted molar refractivity (Wildman–Crippen MR) is 53.9 cm³/mol. The highest BCUT2D eigenvalue weighted by Gasteiger charge is 2.25. The number of nitrogens with two attached hydrogens (primary N) is 1. The zero-order chi connectivity index (χ0) is 9.14. The van der Waals surface area contributed by atoms with Crippen molar-refractivity contribution in [3.8, 4) is 0 Å². The third-order valence-electron chi connectivity index (χ3n) is 3.28. The lowest BCUT2D eigenvalue weighted by Gasteiger charge is -2.25. The average molecular weight is 167 g/mol. The molecule has 1 nitrogen and oxygen atoms in total. The van der Waals surface area contributed by atoms with E-state index in [0.717, 1.165) is 11.5 Å². The summed E-state index contributed by atoms with van der Waals surface area (Å²) in [5, 5.41) is 0. The molecule has 2 N–H and O–H groups in total. The third-order valence-corrected chi connectivity index (χ3v) is 3.28. The first kappa shape index (κ1) is 9.79. The van der Waals surface area contributed by atoms with Crippen molar-refractivity contribution in [2.75, 3.05) is 0 Å². The standard InChI is InChI=1S/C11H21N/c1-8(2)11(12)9(3)10-6-4-5-7-10/h9-11H,1,4-7,12H2,2-3H3. The smallest absolute Gasteiger partial charge is 0.0276 e. The van der Waals surface area contributed by atoms with Crippen LogP contribution in [-0.2, 0) is 0 Å². The molecule has 0 heterocycles. The van der Waals surface area contributed by atoms with Crippen molar-refractivity contribution < 1.29 is 0 Å². The highest BCUT2D eigenvalue weighted by molar-refractivity contribution is 5.03. The summed E-state index contributed by atoms with van der Waals surface area (Å²) in [7, 11) is 0. The highest BCUT2D eigenvalue weighted by atomic mass is 14.7. The van der Waals surface area contributed by atoms with Crippen LogP contribution in [0.5, 0.6) is 0 Å². The maximum Gasteiger partial charge on any atom is 0.0276 e. The fourth-order valence-corrected chi connectivity index (χ4v) is 2.23. The van der Waals surface area contributed by atoms with Gasteiger partial charge >= 0.3 is 0 Å². The molecule has 1 aliphatic carbocycles. The van der Waals surface area contributed by atoms with Gasteiger partial charge in [-0.15, -0.1) is 0 Å². The SMILES string of the molecule is C=C(C)C(N)C(C)C1CCCC1. The summed E-state index contributed by atoms with van der Waals surface area (Å²) in [6.45, 7) is 8.23.